The van der Waals surface area contributed by atoms with Gasteiger partial charge in [0.05, 0.1) is 10.5 Å². The van der Waals surface area contributed by atoms with Gasteiger partial charge in [-0.15, -0.1) is 0 Å². The second-order valence-corrected chi connectivity index (χ2v) is 6.10. The normalized spacial score (nSPS) is 12.9. The van der Waals surface area contributed by atoms with Crippen LogP contribution in [-0.2, 0) is 6.54 Å². The Labute approximate surface area is 134 Å². The molecule has 1 heterocycles. The average Bonchev–Trinajstić information content (AvgIpc) is 2.73. The van der Waals surface area contributed by atoms with Crippen LogP contribution < -0.4 is 5.73 Å². The lowest BCUT2D eigenvalue weighted by Crippen LogP contribution is -2.30. The second-order valence-electron chi connectivity index (χ2n) is 4.53. The van der Waals surface area contributed by atoms with Crippen LogP contribution in [0.5, 0.6) is 0 Å². The molecule has 0 amide bonds. The van der Waals surface area contributed by atoms with Crippen LogP contribution in [0.4, 0.5) is 4.39 Å². The van der Waals surface area contributed by atoms with Gasteiger partial charge in [0.1, 0.15) is 11.6 Å². The lowest BCUT2D eigenvalue weighted by atomic mass is 10.1. The SMILES string of the molecule is CN(Cc1ccccc1F)C(CN)c1cc(Br)c(Br)o1. The summed E-state index contributed by atoms with van der Waals surface area (Å²) in [6, 6.07) is 8.49. The molecule has 0 spiro atoms. The molecule has 1 aromatic carbocycles. The first-order chi connectivity index (χ1) is 9.52. The number of nitrogens with two attached hydrogens (primary N) is 1. The molecule has 2 aromatic rings. The van der Waals surface area contributed by atoms with Crippen molar-refractivity contribution in [3.63, 3.8) is 0 Å². The van der Waals surface area contributed by atoms with Crippen molar-refractivity contribution in [2.75, 3.05) is 13.6 Å². The second kappa shape index (κ2) is 6.85. The minimum absolute atomic E-state index is 0.114. The summed E-state index contributed by atoms with van der Waals surface area (Å²) in [4.78, 5) is 1.97. The molecule has 1 atom stereocenters. The van der Waals surface area contributed by atoms with Gasteiger partial charge in [-0.25, -0.2) is 4.39 Å². The van der Waals surface area contributed by atoms with Crippen molar-refractivity contribution in [3.05, 3.63) is 56.6 Å². The molecule has 0 fully saturated rings. The van der Waals surface area contributed by atoms with Crippen LogP contribution in [0, 0.1) is 5.82 Å². The zero-order chi connectivity index (χ0) is 14.7. The summed E-state index contributed by atoms with van der Waals surface area (Å²) in [5, 5.41) is 0. The fraction of sp³-hybridized carbons (Fsp3) is 0.286. The minimum Gasteiger partial charge on any atom is -0.451 e. The van der Waals surface area contributed by atoms with E-state index in [0.29, 0.717) is 23.3 Å². The Bertz CT molecular complexity index is 569. The fourth-order valence-corrected chi connectivity index (χ4v) is 2.65. The zero-order valence-corrected chi connectivity index (χ0v) is 14.1. The lowest BCUT2D eigenvalue weighted by Gasteiger charge is -2.25. The van der Waals surface area contributed by atoms with E-state index in [1.807, 2.05) is 24.1 Å². The molecular formula is C14H15Br2FN2O. The van der Waals surface area contributed by atoms with E-state index in [9.17, 15) is 4.39 Å². The highest BCUT2D eigenvalue weighted by molar-refractivity contribution is 9.13. The van der Waals surface area contributed by atoms with E-state index in [1.165, 1.54) is 6.07 Å². The summed E-state index contributed by atoms with van der Waals surface area (Å²) in [5.74, 6) is 0.530. The van der Waals surface area contributed by atoms with E-state index in [2.05, 4.69) is 31.9 Å². The van der Waals surface area contributed by atoms with Gasteiger partial charge in [-0.3, -0.25) is 4.90 Å². The van der Waals surface area contributed by atoms with Gasteiger partial charge in [0.15, 0.2) is 4.67 Å². The van der Waals surface area contributed by atoms with Crippen molar-refractivity contribution in [1.82, 2.24) is 4.90 Å². The predicted molar refractivity (Wildman–Crippen MR) is 83.8 cm³/mol. The first-order valence-electron chi connectivity index (χ1n) is 6.11. The lowest BCUT2D eigenvalue weighted by molar-refractivity contribution is 0.208. The first kappa shape index (κ1) is 15.7. The minimum atomic E-state index is -0.211. The van der Waals surface area contributed by atoms with Crippen molar-refractivity contribution < 1.29 is 8.81 Å². The van der Waals surface area contributed by atoms with Gasteiger partial charge < -0.3 is 10.2 Å². The van der Waals surface area contributed by atoms with Gasteiger partial charge in [-0.05, 0) is 51.0 Å². The van der Waals surface area contributed by atoms with Crippen molar-refractivity contribution in [3.8, 4) is 0 Å². The van der Waals surface area contributed by atoms with E-state index in [1.54, 1.807) is 12.1 Å². The average molecular weight is 406 g/mol. The molecular weight excluding hydrogens is 391 g/mol. The Morgan fingerprint density at radius 3 is 2.60 bits per heavy atom. The van der Waals surface area contributed by atoms with Crippen LogP contribution in [0.1, 0.15) is 17.4 Å². The van der Waals surface area contributed by atoms with Crippen LogP contribution in [0.25, 0.3) is 0 Å². The largest absolute Gasteiger partial charge is 0.451 e. The molecule has 0 aliphatic heterocycles. The van der Waals surface area contributed by atoms with E-state index in [0.717, 1.165) is 10.2 Å². The Morgan fingerprint density at radius 1 is 1.35 bits per heavy atom. The number of halogens is 3. The maximum atomic E-state index is 13.7. The third-order valence-corrected chi connectivity index (χ3v) is 4.84. The molecule has 1 unspecified atom stereocenters. The van der Waals surface area contributed by atoms with Gasteiger partial charge in [0.25, 0.3) is 0 Å². The highest BCUT2D eigenvalue weighted by Crippen LogP contribution is 2.32. The summed E-state index contributed by atoms with van der Waals surface area (Å²) in [5.41, 5.74) is 6.47. The molecule has 6 heteroatoms. The summed E-state index contributed by atoms with van der Waals surface area (Å²) < 4.78 is 20.8. The van der Waals surface area contributed by atoms with Crippen LogP contribution >= 0.6 is 31.9 Å². The van der Waals surface area contributed by atoms with Gasteiger partial charge in [-0.2, -0.15) is 0 Å². The van der Waals surface area contributed by atoms with Gasteiger partial charge in [0.2, 0.25) is 0 Å². The Hall–Kier alpha value is -0.690. The molecule has 0 aliphatic carbocycles. The molecule has 20 heavy (non-hydrogen) atoms. The summed E-state index contributed by atoms with van der Waals surface area (Å²) in [6.45, 7) is 0.849. The number of nitrogens with zero attached hydrogens (tertiary/aromatic N) is 1. The smallest absolute Gasteiger partial charge is 0.183 e. The Balaban J connectivity index is 2.17. The molecule has 0 radical (unpaired) electrons. The van der Waals surface area contributed by atoms with E-state index in [-0.39, 0.29) is 11.9 Å². The third-order valence-electron chi connectivity index (χ3n) is 3.13. The molecule has 2 rings (SSSR count). The van der Waals surface area contributed by atoms with Gasteiger partial charge in [0, 0.05) is 18.7 Å². The maximum Gasteiger partial charge on any atom is 0.183 e. The third kappa shape index (κ3) is 3.49. The summed E-state index contributed by atoms with van der Waals surface area (Å²) in [6.07, 6.45) is 0. The highest BCUT2D eigenvalue weighted by Gasteiger charge is 2.21. The molecule has 0 saturated heterocycles. The molecule has 0 saturated carbocycles. The quantitative estimate of drug-likeness (QED) is 0.814. The molecule has 0 bridgehead atoms. The molecule has 108 valence electrons. The molecule has 2 N–H and O–H groups in total. The number of rotatable bonds is 5. The summed E-state index contributed by atoms with van der Waals surface area (Å²) in [7, 11) is 1.90. The number of hydrogen-bond acceptors (Lipinski definition) is 3. The number of likely N-dealkylation sites (N-methyl/N-ethyl adjacent to an activating group) is 1. The van der Waals surface area contributed by atoms with Crippen LogP contribution in [0.3, 0.4) is 0 Å². The van der Waals surface area contributed by atoms with Crippen molar-refractivity contribution in [2.24, 2.45) is 5.73 Å². The van der Waals surface area contributed by atoms with E-state index >= 15 is 0 Å². The monoisotopic (exact) mass is 404 g/mol. The molecule has 1 aromatic heterocycles. The van der Waals surface area contributed by atoms with Crippen molar-refractivity contribution in [2.45, 2.75) is 12.6 Å². The summed E-state index contributed by atoms with van der Waals surface area (Å²) >= 11 is 6.69. The van der Waals surface area contributed by atoms with Crippen molar-refractivity contribution >= 4 is 31.9 Å². The Morgan fingerprint density at radius 2 is 2.05 bits per heavy atom. The van der Waals surface area contributed by atoms with E-state index in [4.69, 9.17) is 10.2 Å². The van der Waals surface area contributed by atoms with Crippen LogP contribution in [-0.4, -0.2) is 18.5 Å². The number of benzene rings is 1. The Kier molecular flexibility index (Phi) is 5.37. The van der Waals surface area contributed by atoms with Crippen LogP contribution in [0.15, 0.2) is 43.9 Å². The van der Waals surface area contributed by atoms with Gasteiger partial charge >= 0.3 is 0 Å². The highest BCUT2D eigenvalue weighted by atomic mass is 79.9. The number of furan rings is 1. The zero-order valence-electron chi connectivity index (χ0n) is 10.9. The topological polar surface area (TPSA) is 42.4 Å². The van der Waals surface area contributed by atoms with Crippen molar-refractivity contribution in [1.29, 1.82) is 0 Å². The predicted octanol–water partition coefficient (Wildman–Crippen LogP) is 4.08. The number of hydrogen-bond donors (Lipinski definition) is 1. The molecule has 3 nitrogen and oxygen atoms in total. The maximum absolute atomic E-state index is 13.7. The molecule has 0 aliphatic rings. The van der Waals surface area contributed by atoms with Gasteiger partial charge in [-0.1, -0.05) is 18.2 Å². The van der Waals surface area contributed by atoms with Crippen LogP contribution in [0.2, 0.25) is 0 Å². The standard InChI is InChI=1S/C14H15Br2FN2O/c1-19(8-9-4-2-3-5-11(9)17)12(7-18)13-6-10(15)14(16)20-13/h2-6,12H,7-8,18H2,1H3. The van der Waals surface area contributed by atoms with E-state index < -0.39 is 0 Å². The fourth-order valence-electron chi connectivity index (χ4n) is 2.05. The first-order valence-corrected chi connectivity index (χ1v) is 7.70.